The number of nitrogens with one attached hydrogen (secondary N) is 2. The highest BCUT2D eigenvalue weighted by atomic mass is 19.4. The van der Waals surface area contributed by atoms with Crippen molar-refractivity contribution >= 4 is 17.8 Å². The number of carbonyl (C=O) groups is 3. The lowest BCUT2D eigenvalue weighted by molar-refractivity contribution is -0.138. The molecule has 0 spiro atoms. The topological polar surface area (TPSA) is 95.5 Å². The van der Waals surface area contributed by atoms with Crippen molar-refractivity contribution in [1.29, 1.82) is 0 Å². The molecule has 0 unspecified atom stereocenters. The van der Waals surface area contributed by atoms with Crippen LogP contribution in [0, 0.1) is 0 Å². The van der Waals surface area contributed by atoms with Crippen molar-refractivity contribution < 1.29 is 32.7 Å². The molecule has 1 aromatic carbocycles. The number of amides is 2. The molecule has 1 rings (SSSR count). The van der Waals surface area contributed by atoms with Gasteiger partial charge in [-0.25, -0.2) is 4.79 Å². The maximum atomic E-state index is 11.9. The summed E-state index contributed by atoms with van der Waals surface area (Å²) < 4.78 is 35.6. The fourth-order valence-corrected chi connectivity index (χ4v) is 1.56. The first-order chi connectivity index (χ1) is 10.2. The van der Waals surface area contributed by atoms with Crippen molar-refractivity contribution in [2.45, 2.75) is 12.6 Å². The Balaban J connectivity index is 2.47. The molecule has 0 bridgehead atoms. The Labute approximate surface area is 123 Å². The maximum absolute atomic E-state index is 11.9. The molecule has 0 saturated heterocycles. The first-order valence-electron chi connectivity index (χ1n) is 6.10. The van der Waals surface area contributed by atoms with Crippen LogP contribution in [0.2, 0.25) is 0 Å². The van der Waals surface area contributed by atoms with E-state index in [9.17, 15) is 27.6 Å². The zero-order valence-electron chi connectivity index (χ0n) is 11.2. The largest absolute Gasteiger partial charge is 0.478 e. The molecule has 1 aromatic rings. The van der Waals surface area contributed by atoms with Gasteiger partial charge in [0.05, 0.1) is 18.5 Å². The van der Waals surface area contributed by atoms with Crippen LogP contribution < -0.4 is 10.6 Å². The Bertz CT molecular complexity index is 573. The van der Waals surface area contributed by atoms with Crippen LogP contribution in [0.15, 0.2) is 24.3 Å². The summed E-state index contributed by atoms with van der Waals surface area (Å²) in [5.41, 5.74) is 0.183. The molecule has 0 aliphatic heterocycles. The van der Waals surface area contributed by atoms with Gasteiger partial charge in [0.15, 0.2) is 0 Å². The highest BCUT2D eigenvalue weighted by molar-refractivity contribution is 5.92. The average Bonchev–Trinajstić information content (AvgIpc) is 2.42. The van der Waals surface area contributed by atoms with Gasteiger partial charge in [-0.3, -0.25) is 9.59 Å². The molecule has 0 atom stereocenters. The van der Waals surface area contributed by atoms with Crippen LogP contribution in [0.4, 0.5) is 13.2 Å². The molecule has 120 valence electrons. The van der Waals surface area contributed by atoms with Gasteiger partial charge in [-0.2, -0.15) is 13.2 Å². The summed E-state index contributed by atoms with van der Waals surface area (Å²) in [5.74, 6) is -2.86. The molecule has 6 nitrogen and oxygen atoms in total. The molecule has 0 heterocycles. The molecular weight excluding hydrogens is 305 g/mol. The number of hydrogen-bond acceptors (Lipinski definition) is 3. The molecule has 2 amide bonds. The quantitative estimate of drug-likeness (QED) is 0.720. The minimum absolute atomic E-state index is 0.0563. The molecule has 0 saturated carbocycles. The monoisotopic (exact) mass is 318 g/mol. The number of rotatable bonds is 6. The van der Waals surface area contributed by atoms with Gasteiger partial charge in [0, 0.05) is 0 Å². The van der Waals surface area contributed by atoms with Crippen LogP contribution in [-0.4, -0.2) is 42.2 Å². The first-order valence-corrected chi connectivity index (χ1v) is 6.10. The Morgan fingerprint density at radius 2 is 1.68 bits per heavy atom. The minimum Gasteiger partial charge on any atom is -0.478 e. The van der Waals surface area contributed by atoms with E-state index < -0.39 is 37.0 Å². The highest BCUT2D eigenvalue weighted by Crippen LogP contribution is 2.12. The van der Waals surface area contributed by atoms with Crippen molar-refractivity contribution in [3.8, 4) is 0 Å². The third kappa shape index (κ3) is 6.25. The summed E-state index contributed by atoms with van der Waals surface area (Å²) in [4.78, 5) is 33.6. The number of halogens is 3. The van der Waals surface area contributed by atoms with Crippen LogP contribution in [0.1, 0.15) is 15.9 Å². The summed E-state index contributed by atoms with van der Waals surface area (Å²) in [6.45, 7) is -2.10. The van der Waals surface area contributed by atoms with Crippen molar-refractivity contribution in [2.75, 3.05) is 13.1 Å². The van der Waals surface area contributed by atoms with Crippen molar-refractivity contribution in [2.24, 2.45) is 0 Å². The lowest BCUT2D eigenvalue weighted by Crippen LogP contribution is -2.41. The molecule has 22 heavy (non-hydrogen) atoms. The van der Waals surface area contributed by atoms with Crippen LogP contribution in [0.3, 0.4) is 0 Å². The zero-order valence-corrected chi connectivity index (χ0v) is 11.2. The molecular formula is C13H13F3N2O4. The second-order valence-corrected chi connectivity index (χ2v) is 4.31. The number of hydrogen-bond donors (Lipinski definition) is 3. The summed E-state index contributed by atoms with van der Waals surface area (Å²) >= 11 is 0. The Hall–Kier alpha value is -2.58. The SMILES string of the molecule is O=C(CNC(=O)Cc1ccccc1C(=O)O)NCC(F)(F)F. The van der Waals surface area contributed by atoms with Crippen LogP contribution in [0.5, 0.6) is 0 Å². The number of carboxylic acid groups (broad SMARTS) is 1. The molecule has 0 aliphatic carbocycles. The molecule has 0 aromatic heterocycles. The number of benzene rings is 1. The molecule has 3 N–H and O–H groups in total. The van der Waals surface area contributed by atoms with Gasteiger partial charge in [-0.1, -0.05) is 18.2 Å². The number of aromatic carboxylic acids is 1. The standard InChI is InChI=1S/C13H13F3N2O4/c14-13(15,16)7-18-11(20)6-17-10(19)5-8-3-1-2-4-9(8)12(21)22/h1-4H,5-7H2,(H,17,19)(H,18,20)(H,21,22). The van der Waals surface area contributed by atoms with Gasteiger partial charge in [0.2, 0.25) is 11.8 Å². The number of alkyl halides is 3. The van der Waals surface area contributed by atoms with Gasteiger partial charge >= 0.3 is 12.1 Å². The predicted molar refractivity (Wildman–Crippen MR) is 69.2 cm³/mol. The van der Waals surface area contributed by atoms with Crippen LogP contribution in [-0.2, 0) is 16.0 Å². The number of carboxylic acids is 1. The molecule has 0 aliphatic rings. The van der Waals surface area contributed by atoms with E-state index in [0.717, 1.165) is 0 Å². The van der Waals surface area contributed by atoms with Gasteiger partial charge < -0.3 is 15.7 Å². The van der Waals surface area contributed by atoms with E-state index in [4.69, 9.17) is 5.11 Å². The lowest BCUT2D eigenvalue weighted by atomic mass is 10.0. The maximum Gasteiger partial charge on any atom is 0.405 e. The lowest BCUT2D eigenvalue weighted by Gasteiger charge is -2.09. The van der Waals surface area contributed by atoms with Crippen molar-refractivity contribution in [3.63, 3.8) is 0 Å². The Morgan fingerprint density at radius 1 is 1.05 bits per heavy atom. The van der Waals surface area contributed by atoms with E-state index >= 15 is 0 Å². The highest BCUT2D eigenvalue weighted by Gasteiger charge is 2.27. The van der Waals surface area contributed by atoms with Gasteiger partial charge in [0.25, 0.3) is 0 Å². The fourth-order valence-electron chi connectivity index (χ4n) is 1.56. The minimum atomic E-state index is -4.53. The Morgan fingerprint density at radius 3 is 2.27 bits per heavy atom. The summed E-state index contributed by atoms with van der Waals surface area (Å²) in [6.07, 6.45) is -4.82. The predicted octanol–water partition coefficient (Wildman–Crippen LogP) is 0.722. The van der Waals surface area contributed by atoms with E-state index in [0.29, 0.717) is 0 Å². The summed E-state index contributed by atoms with van der Waals surface area (Å²) in [6, 6.07) is 5.80. The van der Waals surface area contributed by atoms with E-state index in [1.165, 1.54) is 18.2 Å². The smallest absolute Gasteiger partial charge is 0.405 e. The third-order valence-corrected chi connectivity index (χ3v) is 2.53. The van der Waals surface area contributed by atoms with Crippen LogP contribution in [0.25, 0.3) is 0 Å². The van der Waals surface area contributed by atoms with E-state index in [1.54, 1.807) is 11.4 Å². The second-order valence-electron chi connectivity index (χ2n) is 4.31. The van der Waals surface area contributed by atoms with Crippen LogP contribution >= 0.6 is 0 Å². The van der Waals surface area contributed by atoms with Gasteiger partial charge in [-0.15, -0.1) is 0 Å². The van der Waals surface area contributed by atoms with E-state index in [-0.39, 0.29) is 17.5 Å². The summed E-state index contributed by atoms with van der Waals surface area (Å²) in [5, 5.41) is 12.7. The molecule has 0 radical (unpaired) electrons. The zero-order chi connectivity index (χ0) is 16.8. The van der Waals surface area contributed by atoms with Gasteiger partial charge in [0.1, 0.15) is 6.54 Å². The number of carbonyl (C=O) groups excluding carboxylic acids is 2. The fraction of sp³-hybridized carbons (Fsp3) is 0.308. The first kappa shape index (κ1) is 17.5. The van der Waals surface area contributed by atoms with E-state index in [1.807, 2.05) is 0 Å². The van der Waals surface area contributed by atoms with Gasteiger partial charge in [-0.05, 0) is 11.6 Å². The van der Waals surface area contributed by atoms with E-state index in [2.05, 4.69) is 5.32 Å². The second kappa shape index (κ2) is 7.43. The van der Waals surface area contributed by atoms with Crippen molar-refractivity contribution in [1.82, 2.24) is 10.6 Å². The normalized spacial score (nSPS) is 10.9. The summed E-state index contributed by atoms with van der Waals surface area (Å²) in [7, 11) is 0. The van der Waals surface area contributed by atoms with Crippen molar-refractivity contribution in [3.05, 3.63) is 35.4 Å². The molecule has 0 fully saturated rings. The average molecular weight is 318 g/mol. The molecule has 9 heteroatoms. The Kier molecular flexibility index (Phi) is 5.90. The third-order valence-electron chi connectivity index (χ3n) is 2.53.